The van der Waals surface area contributed by atoms with Gasteiger partial charge in [-0.25, -0.2) is 4.98 Å². The van der Waals surface area contributed by atoms with Gasteiger partial charge in [0.1, 0.15) is 11.6 Å². The molecule has 1 aromatic heterocycles. The number of methoxy groups -OCH3 is 1. The van der Waals surface area contributed by atoms with Crippen molar-refractivity contribution in [2.75, 3.05) is 25.6 Å². The van der Waals surface area contributed by atoms with Gasteiger partial charge in [-0.05, 0) is 13.8 Å². The van der Waals surface area contributed by atoms with Crippen LogP contribution in [0.4, 0.5) is 5.82 Å². The van der Waals surface area contributed by atoms with E-state index in [9.17, 15) is 0 Å². The van der Waals surface area contributed by atoms with Gasteiger partial charge in [-0.15, -0.1) is 0 Å². The van der Waals surface area contributed by atoms with Crippen LogP contribution in [0.5, 0.6) is 5.88 Å². The molecule has 0 atom stereocenters. The summed E-state index contributed by atoms with van der Waals surface area (Å²) in [6.45, 7) is 3.03. The number of hydrogen-bond donors (Lipinski definition) is 3. The molecule has 0 fully saturated rings. The Balaban J connectivity index is 2.92. The molecule has 3 N–H and O–H groups in total. The fraction of sp³-hybridized carbons (Fsp3) is 0.600. The standard InChI is InChI=1S/C10H17N3O3/c1-7-11-8(4-9(12-7)16-3)13-10(2,5-14)6-15/h4,14-15H,5-6H2,1-3H3,(H,11,12,13). The van der Waals surface area contributed by atoms with Crippen molar-refractivity contribution < 1.29 is 14.9 Å². The molecular formula is C10H17N3O3. The molecule has 1 heterocycles. The van der Waals surface area contributed by atoms with Crippen molar-refractivity contribution in [1.82, 2.24) is 9.97 Å². The number of nitrogens with zero attached hydrogens (tertiary/aromatic N) is 2. The van der Waals surface area contributed by atoms with Gasteiger partial charge >= 0.3 is 0 Å². The molecule has 1 aromatic rings. The Labute approximate surface area is 94.3 Å². The minimum Gasteiger partial charge on any atom is -0.481 e. The van der Waals surface area contributed by atoms with Crippen molar-refractivity contribution in [1.29, 1.82) is 0 Å². The van der Waals surface area contributed by atoms with Crippen LogP contribution in [0.15, 0.2) is 6.07 Å². The summed E-state index contributed by atoms with van der Waals surface area (Å²) in [5.41, 5.74) is -0.814. The van der Waals surface area contributed by atoms with E-state index in [1.54, 1.807) is 19.9 Å². The zero-order valence-electron chi connectivity index (χ0n) is 9.69. The lowest BCUT2D eigenvalue weighted by atomic mass is 10.1. The SMILES string of the molecule is COc1cc(NC(C)(CO)CO)nc(C)n1. The van der Waals surface area contributed by atoms with Crippen molar-refractivity contribution in [3.63, 3.8) is 0 Å². The van der Waals surface area contributed by atoms with Crippen molar-refractivity contribution in [3.8, 4) is 5.88 Å². The van der Waals surface area contributed by atoms with Gasteiger partial charge in [0.15, 0.2) is 0 Å². The summed E-state index contributed by atoms with van der Waals surface area (Å²) in [5, 5.41) is 21.2. The van der Waals surface area contributed by atoms with Gasteiger partial charge in [-0.3, -0.25) is 0 Å². The number of aromatic nitrogens is 2. The van der Waals surface area contributed by atoms with E-state index < -0.39 is 5.54 Å². The summed E-state index contributed by atoms with van der Waals surface area (Å²) in [7, 11) is 1.52. The lowest BCUT2D eigenvalue weighted by Gasteiger charge is -2.26. The van der Waals surface area contributed by atoms with E-state index in [0.29, 0.717) is 17.5 Å². The molecule has 0 saturated heterocycles. The Bertz CT molecular complexity index is 353. The second-order valence-electron chi connectivity index (χ2n) is 3.84. The molecule has 0 aliphatic heterocycles. The first-order valence-electron chi connectivity index (χ1n) is 4.92. The molecule has 90 valence electrons. The second kappa shape index (κ2) is 5.09. The molecule has 6 nitrogen and oxygen atoms in total. The largest absolute Gasteiger partial charge is 0.481 e. The van der Waals surface area contributed by atoms with Crippen molar-refractivity contribution in [2.24, 2.45) is 0 Å². The molecule has 0 unspecified atom stereocenters. The van der Waals surface area contributed by atoms with Gasteiger partial charge in [0.25, 0.3) is 0 Å². The van der Waals surface area contributed by atoms with E-state index >= 15 is 0 Å². The van der Waals surface area contributed by atoms with Crippen LogP contribution in [-0.2, 0) is 0 Å². The molecule has 0 bridgehead atoms. The lowest BCUT2D eigenvalue weighted by Crippen LogP contribution is -2.42. The Morgan fingerprint density at radius 3 is 2.50 bits per heavy atom. The van der Waals surface area contributed by atoms with Gasteiger partial charge in [0, 0.05) is 6.07 Å². The third-order valence-corrected chi connectivity index (χ3v) is 2.15. The van der Waals surface area contributed by atoms with Crippen LogP contribution in [0.2, 0.25) is 0 Å². The van der Waals surface area contributed by atoms with Crippen LogP contribution in [0.3, 0.4) is 0 Å². The number of anilines is 1. The number of rotatable bonds is 5. The summed E-state index contributed by atoms with van der Waals surface area (Å²) in [5.74, 6) is 1.50. The highest BCUT2D eigenvalue weighted by molar-refractivity contribution is 5.41. The van der Waals surface area contributed by atoms with Crippen LogP contribution < -0.4 is 10.1 Å². The maximum Gasteiger partial charge on any atom is 0.218 e. The highest BCUT2D eigenvalue weighted by Gasteiger charge is 2.22. The molecular weight excluding hydrogens is 210 g/mol. The quantitative estimate of drug-likeness (QED) is 0.653. The number of nitrogens with one attached hydrogen (secondary N) is 1. The first kappa shape index (κ1) is 12.7. The average molecular weight is 227 g/mol. The average Bonchev–Trinajstić information content (AvgIpc) is 2.28. The first-order chi connectivity index (χ1) is 7.53. The molecule has 0 aliphatic carbocycles. The van der Waals surface area contributed by atoms with Gasteiger partial charge in [0.2, 0.25) is 5.88 Å². The maximum absolute atomic E-state index is 9.15. The van der Waals surface area contributed by atoms with Gasteiger partial charge in [0.05, 0.1) is 25.9 Å². The van der Waals surface area contributed by atoms with E-state index in [0.717, 1.165) is 0 Å². The molecule has 0 spiro atoms. The number of aryl methyl sites for hydroxylation is 1. The van der Waals surface area contributed by atoms with Crippen LogP contribution in [0.1, 0.15) is 12.7 Å². The van der Waals surface area contributed by atoms with Crippen molar-refractivity contribution >= 4 is 5.82 Å². The van der Waals surface area contributed by atoms with E-state index in [4.69, 9.17) is 14.9 Å². The molecule has 0 amide bonds. The summed E-state index contributed by atoms with van der Waals surface area (Å²) >= 11 is 0. The normalized spacial score (nSPS) is 11.3. The minimum absolute atomic E-state index is 0.200. The Kier molecular flexibility index (Phi) is 4.03. The number of aliphatic hydroxyl groups excluding tert-OH is 2. The Morgan fingerprint density at radius 1 is 1.38 bits per heavy atom. The zero-order chi connectivity index (χ0) is 12.2. The Morgan fingerprint density at radius 2 is 2.00 bits per heavy atom. The molecule has 0 aliphatic rings. The second-order valence-corrected chi connectivity index (χ2v) is 3.84. The molecule has 0 radical (unpaired) electrons. The number of ether oxygens (including phenoxy) is 1. The predicted molar refractivity (Wildman–Crippen MR) is 59.5 cm³/mol. The first-order valence-corrected chi connectivity index (χ1v) is 4.92. The fourth-order valence-corrected chi connectivity index (χ4v) is 1.15. The van der Waals surface area contributed by atoms with Gasteiger partial charge in [-0.1, -0.05) is 0 Å². The predicted octanol–water partition coefficient (Wildman–Crippen LogP) is -0.0512. The van der Waals surface area contributed by atoms with E-state index in [-0.39, 0.29) is 13.2 Å². The summed E-state index contributed by atoms with van der Waals surface area (Å²) in [4.78, 5) is 8.17. The highest BCUT2D eigenvalue weighted by atomic mass is 16.5. The van der Waals surface area contributed by atoms with Gasteiger partial charge < -0.3 is 20.3 Å². The van der Waals surface area contributed by atoms with Gasteiger partial charge in [-0.2, -0.15) is 4.98 Å². The van der Waals surface area contributed by atoms with E-state index in [1.807, 2.05) is 0 Å². The molecule has 6 heteroatoms. The maximum atomic E-state index is 9.15. The monoisotopic (exact) mass is 227 g/mol. The summed E-state index contributed by atoms with van der Waals surface area (Å²) in [6, 6.07) is 1.61. The fourth-order valence-electron chi connectivity index (χ4n) is 1.15. The summed E-state index contributed by atoms with van der Waals surface area (Å²) < 4.78 is 5.00. The van der Waals surface area contributed by atoms with E-state index in [2.05, 4.69) is 15.3 Å². The highest BCUT2D eigenvalue weighted by Crippen LogP contribution is 2.17. The van der Waals surface area contributed by atoms with Crippen molar-refractivity contribution in [3.05, 3.63) is 11.9 Å². The molecule has 16 heavy (non-hydrogen) atoms. The number of hydrogen-bond acceptors (Lipinski definition) is 6. The minimum atomic E-state index is -0.814. The summed E-state index contributed by atoms with van der Waals surface area (Å²) in [6.07, 6.45) is 0. The molecule has 0 saturated carbocycles. The lowest BCUT2D eigenvalue weighted by molar-refractivity contribution is 0.147. The van der Waals surface area contributed by atoms with Crippen LogP contribution in [-0.4, -0.2) is 46.0 Å². The third-order valence-electron chi connectivity index (χ3n) is 2.15. The molecule has 0 aromatic carbocycles. The number of aliphatic hydroxyl groups is 2. The smallest absolute Gasteiger partial charge is 0.218 e. The zero-order valence-corrected chi connectivity index (χ0v) is 9.69. The van der Waals surface area contributed by atoms with Crippen LogP contribution in [0.25, 0.3) is 0 Å². The van der Waals surface area contributed by atoms with Crippen LogP contribution in [0, 0.1) is 6.92 Å². The third kappa shape index (κ3) is 3.04. The van der Waals surface area contributed by atoms with Crippen LogP contribution >= 0.6 is 0 Å². The molecule has 1 rings (SSSR count). The Hall–Kier alpha value is -1.40. The van der Waals surface area contributed by atoms with E-state index in [1.165, 1.54) is 7.11 Å². The van der Waals surface area contributed by atoms with Crippen molar-refractivity contribution in [2.45, 2.75) is 19.4 Å². The topological polar surface area (TPSA) is 87.5 Å².